The predicted octanol–water partition coefficient (Wildman–Crippen LogP) is -0.0602. The molecule has 1 aromatic rings. The van der Waals surface area contributed by atoms with Crippen LogP contribution in [-0.4, -0.2) is 43.4 Å². The average Bonchev–Trinajstić information content (AvgIpc) is 2.88. The van der Waals surface area contributed by atoms with Crippen LogP contribution in [0.25, 0.3) is 0 Å². The Morgan fingerprint density at radius 3 is 2.27 bits per heavy atom. The fourth-order valence-corrected chi connectivity index (χ4v) is 1.68. The summed E-state index contributed by atoms with van der Waals surface area (Å²) in [4.78, 5) is 24.4. The van der Waals surface area contributed by atoms with Crippen LogP contribution in [0.5, 0.6) is 0 Å². The summed E-state index contributed by atoms with van der Waals surface area (Å²) in [5.41, 5.74) is -0.904. The number of aliphatic hydroxyl groups is 3. The molecule has 0 saturated carbocycles. The SMILES string of the molecule is CC.CC(C)(O)O.O=c1ccn(C2CCC(CO)O2)c(=O)[nH]1. The summed E-state index contributed by atoms with van der Waals surface area (Å²) in [7, 11) is 0. The average molecular weight is 318 g/mol. The summed E-state index contributed by atoms with van der Waals surface area (Å²) in [5.74, 6) is -1.50. The first-order chi connectivity index (χ1) is 10.2. The Hall–Kier alpha value is -1.48. The van der Waals surface area contributed by atoms with Gasteiger partial charge in [-0.2, -0.15) is 0 Å². The lowest BCUT2D eigenvalue weighted by atomic mass is 10.2. The van der Waals surface area contributed by atoms with Gasteiger partial charge in [0.05, 0.1) is 12.7 Å². The fraction of sp³-hybridized carbons (Fsp3) is 0.714. The van der Waals surface area contributed by atoms with Crippen LogP contribution >= 0.6 is 0 Å². The molecule has 1 aliphatic heterocycles. The normalized spacial score (nSPS) is 20.5. The Labute approximate surface area is 129 Å². The number of rotatable bonds is 2. The van der Waals surface area contributed by atoms with Crippen LogP contribution in [0.15, 0.2) is 21.9 Å². The highest BCUT2D eigenvalue weighted by Gasteiger charge is 2.26. The van der Waals surface area contributed by atoms with Crippen LogP contribution in [0.4, 0.5) is 0 Å². The summed E-state index contributed by atoms with van der Waals surface area (Å²) in [5, 5.41) is 25.0. The summed E-state index contributed by atoms with van der Waals surface area (Å²) < 4.78 is 6.74. The predicted molar refractivity (Wildman–Crippen MR) is 81.4 cm³/mol. The maximum Gasteiger partial charge on any atom is 0.330 e. The van der Waals surface area contributed by atoms with Gasteiger partial charge >= 0.3 is 5.69 Å². The van der Waals surface area contributed by atoms with Crippen LogP contribution in [0.2, 0.25) is 0 Å². The van der Waals surface area contributed by atoms with Crippen molar-refractivity contribution in [2.24, 2.45) is 0 Å². The highest BCUT2D eigenvalue weighted by molar-refractivity contribution is 4.85. The van der Waals surface area contributed by atoms with Crippen molar-refractivity contribution in [3.8, 4) is 0 Å². The number of nitrogens with zero attached hydrogens (tertiary/aromatic N) is 1. The highest BCUT2D eigenvalue weighted by atomic mass is 16.5. The van der Waals surface area contributed by atoms with E-state index in [1.54, 1.807) is 0 Å². The monoisotopic (exact) mass is 318 g/mol. The van der Waals surface area contributed by atoms with E-state index in [2.05, 4.69) is 4.98 Å². The third-order valence-electron chi connectivity index (χ3n) is 2.45. The molecule has 8 heteroatoms. The van der Waals surface area contributed by atoms with Gasteiger partial charge < -0.3 is 20.1 Å². The highest BCUT2D eigenvalue weighted by Crippen LogP contribution is 2.26. The molecule has 22 heavy (non-hydrogen) atoms. The minimum atomic E-state index is -1.50. The van der Waals surface area contributed by atoms with Crippen molar-refractivity contribution in [3.05, 3.63) is 33.1 Å². The smallest absolute Gasteiger partial charge is 0.330 e. The largest absolute Gasteiger partial charge is 0.394 e. The Morgan fingerprint density at radius 1 is 1.32 bits per heavy atom. The number of H-pyrrole nitrogens is 1. The van der Waals surface area contributed by atoms with Gasteiger partial charge in [0.1, 0.15) is 6.23 Å². The molecular formula is C14H26N2O6. The molecule has 0 radical (unpaired) electrons. The van der Waals surface area contributed by atoms with E-state index in [9.17, 15) is 9.59 Å². The summed E-state index contributed by atoms with van der Waals surface area (Å²) in [6.45, 7) is 6.55. The minimum absolute atomic E-state index is 0.0470. The third kappa shape index (κ3) is 8.08. The van der Waals surface area contributed by atoms with E-state index in [1.807, 2.05) is 13.8 Å². The number of aromatic nitrogens is 2. The van der Waals surface area contributed by atoms with E-state index in [4.69, 9.17) is 20.1 Å². The van der Waals surface area contributed by atoms with Gasteiger partial charge in [0.25, 0.3) is 5.56 Å². The molecule has 1 aliphatic rings. The van der Waals surface area contributed by atoms with Gasteiger partial charge in [-0.3, -0.25) is 14.3 Å². The first kappa shape index (κ1) is 20.5. The van der Waals surface area contributed by atoms with E-state index in [1.165, 1.54) is 30.7 Å². The molecule has 2 rings (SSSR count). The summed E-state index contributed by atoms with van der Waals surface area (Å²) in [6.07, 6.45) is 2.19. The summed E-state index contributed by atoms with van der Waals surface area (Å²) >= 11 is 0. The van der Waals surface area contributed by atoms with Crippen molar-refractivity contribution < 1.29 is 20.1 Å². The molecule has 0 bridgehead atoms. The quantitative estimate of drug-likeness (QED) is 0.566. The molecule has 2 heterocycles. The number of hydrogen-bond donors (Lipinski definition) is 4. The second-order valence-electron chi connectivity index (χ2n) is 4.98. The first-order valence-electron chi connectivity index (χ1n) is 7.23. The van der Waals surface area contributed by atoms with Gasteiger partial charge in [-0.1, -0.05) is 13.8 Å². The van der Waals surface area contributed by atoms with Crippen molar-refractivity contribution in [1.82, 2.24) is 9.55 Å². The zero-order chi connectivity index (χ0) is 17.3. The van der Waals surface area contributed by atoms with Crippen molar-refractivity contribution in [1.29, 1.82) is 0 Å². The minimum Gasteiger partial charge on any atom is -0.394 e. The van der Waals surface area contributed by atoms with Gasteiger partial charge in [-0.25, -0.2) is 4.79 Å². The van der Waals surface area contributed by atoms with Crippen molar-refractivity contribution >= 4 is 0 Å². The Morgan fingerprint density at radius 2 is 1.86 bits per heavy atom. The van der Waals surface area contributed by atoms with Crippen LogP contribution in [-0.2, 0) is 4.74 Å². The Balaban J connectivity index is 0.000000540. The molecule has 1 aromatic heterocycles. The van der Waals surface area contributed by atoms with Crippen LogP contribution in [0.1, 0.15) is 46.8 Å². The summed E-state index contributed by atoms with van der Waals surface area (Å²) in [6, 6.07) is 1.27. The Kier molecular flexibility index (Phi) is 8.88. The molecule has 0 aromatic carbocycles. The molecule has 0 spiro atoms. The van der Waals surface area contributed by atoms with E-state index >= 15 is 0 Å². The van der Waals surface area contributed by atoms with Gasteiger partial charge in [-0.05, 0) is 26.7 Å². The molecule has 0 amide bonds. The second-order valence-corrected chi connectivity index (χ2v) is 4.98. The molecule has 0 aliphatic carbocycles. The molecule has 128 valence electrons. The maximum atomic E-state index is 11.4. The number of nitrogens with one attached hydrogen (secondary N) is 1. The zero-order valence-electron chi connectivity index (χ0n) is 13.4. The molecule has 2 unspecified atom stereocenters. The van der Waals surface area contributed by atoms with E-state index < -0.39 is 17.0 Å². The van der Waals surface area contributed by atoms with Gasteiger partial charge in [0.15, 0.2) is 5.79 Å². The fourth-order valence-electron chi connectivity index (χ4n) is 1.68. The van der Waals surface area contributed by atoms with Crippen LogP contribution in [0.3, 0.4) is 0 Å². The van der Waals surface area contributed by atoms with Gasteiger partial charge in [-0.15, -0.1) is 0 Å². The molecule has 1 saturated heterocycles. The number of hydrogen-bond acceptors (Lipinski definition) is 6. The number of aromatic amines is 1. The van der Waals surface area contributed by atoms with Gasteiger partial charge in [0.2, 0.25) is 0 Å². The van der Waals surface area contributed by atoms with E-state index in [0.717, 1.165) is 0 Å². The lowest BCUT2D eigenvalue weighted by Crippen LogP contribution is -2.31. The number of aliphatic hydroxyl groups excluding tert-OH is 1. The maximum absolute atomic E-state index is 11.4. The first-order valence-corrected chi connectivity index (χ1v) is 7.23. The van der Waals surface area contributed by atoms with Crippen molar-refractivity contribution in [3.63, 3.8) is 0 Å². The van der Waals surface area contributed by atoms with E-state index in [0.29, 0.717) is 12.8 Å². The standard InChI is InChI=1S/C9H12N2O4.C3H8O2.C2H6/c12-5-6-1-2-8(15-6)11-4-3-7(13)10-9(11)14;1-3(2,4)5;1-2/h3-4,6,8,12H,1-2,5H2,(H,10,13,14);4-5H,1-2H3;1-2H3. The van der Waals surface area contributed by atoms with Crippen LogP contribution < -0.4 is 11.2 Å². The lowest BCUT2D eigenvalue weighted by Gasteiger charge is -2.13. The molecule has 1 fully saturated rings. The lowest BCUT2D eigenvalue weighted by molar-refractivity contribution is -0.127. The van der Waals surface area contributed by atoms with E-state index in [-0.39, 0.29) is 18.9 Å². The molecule has 2 atom stereocenters. The van der Waals surface area contributed by atoms with Crippen molar-refractivity contribution in [2.75, 3.05) is 6.61 Å². The topological polar surface area (TPSA) is 125 Å². The molecule has 8 nitrogen and oxygen atoms in total. The Bertz CT molecular complexity index is 525. The molecule has 4 N–H and O–H groups in total. The number of ether oxygens (including phenoxy) is 1. The second kappa shape index (κ2) is 9.52. The third-order valence-corrected chi connectivity index (χ3v) is 2.45. The zero-order valence-corrected chi connectivity index (χ0v) is 13.4. The van der Waals surface area contributed by atoms with Crippen LogP contribution in [0, 0.1) is 0 Å². The molecular weight excluding hydrogens is 292 g/mol. The van der Waals surface area contributed by atoms with Crippen molar-refractivity contribution in [2.45, 2.75) is 58.7 Å². The van der Waals surface area contributed by atoms with Gasteiger partial charge in [0, 0.05) is 12.3 Å².